The maximum absolute atomic E-state index is 4.34. The number of nitrogens with one attached hydrogen (secondary N) is 1. The average Bonchev–Trinajstić information content (AvgIpc) is 2.15. The molecule has 0 aliphatic rings. The van der Waals surface area contributed by atoms with Gasteiger partial charge in [-0.3, -0.25) is 9.97 Å². The molecule has 1 aromatic heterocycles. The van der Waals surface area contributed by atoms with Crippen molar-refractivity contribution in [2.24, 2.45) is 0 Å². The molecule has 0 radical (unpaired) electrons. The summed E-state index contributed by atoms with van der Waals surface area (Å²) in [6.07, 6.45) is 4.51. The zero-order chi connectivity index (χ0) is 10.6. The predicted octanol–water partition coefficient (Wildman–Crippen LogP) is 2.01. The monoisotopic (exact) mass is 191 g/mol. The van der Waals surface area contributed by atoms with Crippen LogP contribution < -0.4 is 5.32 Å². The Balaban J connectivity index is 2.78. The first-order chi connectivity index (χ1) is 6.63. The molecule has 0 fully saturated rings. The van der Waals surface area contributed by atoms with Crippen LogP contribution in [-0.4, -0.2) is 17.0 Å². The summed E-state index contributed by atoms with van der Waals surface area (Å²) >= 11 is 0. The van der Waals surface area contributed by atoms with Crippen LogP contribution in [0.1, 0.15) is 30.8 Å². The smallest absolute Gasteiger partial charge is 0.0759 e. The third-order valence-corrected chi connectivity index (χ3v) is 2.06. The van der Waals surface area contributed by atoms with Crippen LogP contribution in [0.5, 0.6) is 0 Å². The van der Waals surface area contributed by atoms with E-state index in [1.54, 1.807) is 6.20 Å². The molecule has 76 valence electrons. The Bertz CT molecular complexity index is 303. The number of hydrogen-bond donors (Lipinski definition) is 1. The molecular weight excluding hydrogens is 174 g/mol. The van der Waals surface area contributed by atoms with Crippen molar-refractivity contribution in [3.63, 3.8) is 0 Å². The Hall–Kier alpha value is -1.22. The van der Waals surface area contributed by atoms with Crippen molar-refractivity contribution in [3.8, 4) is 0 Å². The van der Waals surface area contributed by atoms with Gasteiger partial charge in [-0.05, 0) is 27.3 Å². The van der Waals surface area contributed by atoms with Gasteiger partial charge in [-0.1, -0.05) is 5.57 Å². The quantitative estimate of drug-likeness (QED) is 0.740. The number of nitrogens with zero attached hydrogens (tertiary/aromatic N) is 2. The summed E-state index contributed by atoms with van der Waals surface area (Å²) < 4.78 is 0. The first-order valence-electron chi connectivity index (χ1n) is 4.73. The van der Waals surface area contributed by atoms with E-state index in [1.165, 1.54) is 0 Å². The van der Waals surface area contributed by atoms with Crippen LogP contribution in [0.2, 0.25) is 0 Å². The standard InChI is InChI=1S/C11H17N3/c1-8(2)5-10(12-4)11-7-13-9(3)6-14-11/h6-7,10,12H,1,5H2,2-4H3. The zero-order valence-corrected chi connectivity index (χ0v) is 9.04. The number of aromatic nitrogens is 2. The van der Waals surface area contributed by atoms with Gasteiger partial charge in [0.05, 0.1) is 23.6 Å². The Morgan fingerprint density at radius 3 is 2.64 bits per heavy atom. The summed E-state index contributed by atoms with van der Waals surface area (Å²) in [4.78, 5) is 8.56. The van der Waals surface area contributed by atoms with Gasteiger partial charge in [0, 0.05) is 6.20 Å². The van der Waals surface area contributed by atoms with Crippen LogP contribution in [0.4, 0.5) is 0 Å². The summed E-state index contributed by atoms with van der Waals surface area (Å²) in [5, 5.41) is 3.21. The fourth-order valence-electron chi connectivity index (χ4n) is 1.29. The summed E-state index contributed by atoms with van der Waals surface area (Å²) in [7, 11) is 1.93. The Morgan fingerprint density at radius 2 is 2.21 bits per heavy atom. The van der Waals surface area contributed by atoms with E-state index in [1.807, 2.05) is 27.1 Å². The first-order valence-corrected chi connectivity index (χ1v) is 4.73. The maximum atomic E-state index is 4.34. The largest absolute Gasteiger partial charge is 0.311 e. The zero-order valence-electron chi connectivity index (χ0n) is 9.04. The molecule has 1 unspecified atom stereocenters. The minimum absolute atomic E-state index is 0.223. The van der Waals surface area contributed by atoms with Crippen molar-refractivity contribution in [1.29, 1.82) is 0 Å². The molecule has 1 aromatic rings. The molecular formula is C11H17N3. The molecule has 0 amide bonds. The van der Waals surface area contributed by atoms with Gasteiger partial charge in [0.15, 0.2) is 0 Å². The van der Waals surface area contributed by atoms with Gasteiger partial charge < -0.3 is 5.32 Å². The highest BCUT2D eigenvalue weighted by molar-refractivity contribution is 5.09. The van der Waals surface area contributed by atoms with Crippen molar-refractivity contribution < 1.29 is 0 Å². The normalized spacial score (nSPS) is 12.5. The van der Waals surface area contributed by atoms with Gasteiger partial charge in [-0.2, -0.15) is 0 Å². The molecule has 0 spiro atoms. The molecule has 0 aliphatic heterocycles. The Kier molecular flexibility index (Phi) is 3.77. The molecule has 3 nitrogen and oxygen atoms in total. The first kappa shape index (κ1) is 10.9. The second-order valence-corrected chi connectivity index (χ2v) is 3.59. The highest BCUT2D eigenvalue weighted by atomic mass is 14.9. The van der Waals surface area contributed by atoms with Gasteiger partial charge in [0.25, 0.3) is 0 Å². The molecule has 3 heteroatoms. The molecule has 1 N–H and O–H groups in total. The van der Waals surface area contributed by atoms with E-state index in [-0.39, 0.29) is 6.04 Å². The van der Waals surface area contributed by atoms with E-state index in [4.69, 9.17) is 0 Å². The summed E-state index contributed by atoms with van der Waals surface area (Å²) in [6, 6.07) is 0.223. The molecule has 0 aliphatic carbocycles. The van der Waals surface area contributed by atoms with Crippen molar-refractivity contribution in [2.45, 2.75) is 26.3 Å². The van der Waals surface area contributed by atoms with Gasteiger partial charge in [-0.15, -0.1) is 6.58 Å². The molecule has 1 atom stereocenters. The van der Waals surface area contributed by atoms with Crippen LogP contribution >= 0.6 is 0 Å². The highest BCUT2D eigenvalue weighted by Crippen LogP contribution is 2.16. The summed E-state index contributed by atoms with van der Waals surface area (Å²) in [5.41, 5.74) is 3.06. The molecule has 0 saturated heterocycles. The van der Waals surface area contributed by atoms with Crippen molar-refractivity contribution in [2.75, 3.05) is 7.05 Å². The van der Waals surface area contributed by atoms with Crippen molar-refractivity contribution >= 4 is 0 Å². The lowest BCUT2D eigenvalue weighted by atomic mass is 10.1. The van der Waals surface area contributed by atoms with E-state index < -0.39 is 0 Å². The van der Waals surface area contributed by atoms with E-state index in [0.29, 0.717) is 0 Å². The van der Waals surface area contributed by atoms with Gasteiger partial charge >= 0.3 is 0 Å². The SMILES string of the molecule is C=C(C)CC(NC)c1cnc(C)cn1. The molecule has 0 aromatic carbocycles. The second kappa shape index (κ2) is 4.86. The highest BCUT2D eigenvalue weighted by Gasteiger charge is 2.10. The lowest BCUT2D eigenvalue weighted by molar-refractivity contribution is 0.570. The van der Waals surface area contributed by atoms with Crippen LogP contribution in [0.25, 0.3) is 0 Å². The number of hydrogen-bond acceptors (Lipinski definition) is 3. The molecule has 1 heterocycles. The Labute approximate surface area is 85.3 Å². The van der Waals surface area contributed by atoms with Gasteiger partial charge in [0.2, 0.25) is 0 Å². The minimum atomic E-state index is 0.223. The van der Waals surface area contributed by atoms with Crippen LogP contribution in [0.15, 0.2) is 24.5 Å². The van der Waals surface area contributed by atoms with Crippen molar-refractivity contribution in [1.82, 2.24) is 15.3 Å². The fraction of sp³-hybridized carbons (Fsp3) is 0.455. The van der Waals surface area contributed by atoms with E-state index >= 15 is 0 Å². The molecule has 0 bridgehead atoms. The molecule has 1 rings (SSSR count). The van der Waals surface area contributed by atoms with Gasteiger partial charge in [0.1, 0.15) is 0 Å². The lowest BCUT2D eigenvalue weighted by Crippen LogP contribution is -2.18. The van der Waals surface area contributed by atoms with Gasteiger partial charge in [-0.25, -0.2) is 0 Å². The Morgan fingerprint density at radius 1 is 1.50 bits per heavy atom. The summed E-state index contributed by atoms with van der Waals surface area (Å²) in [5.74, 6) is 0. The third-order valence-electron chi connectivity index (χ3n) is 2.06. The van der Waals surface area contributed by atoms with E-state index in [9.17, 15) is 0 Å². The average molecular weight is 191 g/mol. The summed E-state index contributed by atoms with van der Waals surface area (Å²) in [6.45, 7) is 7.85. The van der Waals surface area contributed by atoms with E-state index in [0.717, 1.165) is 23.4 Å². The molecule has 14 heavy (non-hydrogen) atoms. The third kappa shape index (κ3) is 2.92. The van der Waals surface area contributed by atoms with Crippen molar-refractivity contribution in [3.05, 3.63) is 35.9 Å². The minimum Gasteiger partial charge on any atom is -0.311 e. The van der Waals surface area contributed by atoms with Crippen LogP contribution in [0, 0.1) is 6.92 Å². The van der Waals surface area contributed by atoms with Crippen LogP contribution in [-0.2, 0) is 0 Å². The lowest BCUT2D eigenvalue weighted by Gasteiger charge is -2.14. The fourth-order valence-corrected chi connectivity index (χ4v) is 1.29. The topological polar surface area (TPSA) is 37.8 Å². The predicted molar refractivity (Wildman–Crippen MR) is 58.0 cm³/mol. The molecule has 0 saturated carbocycles. The maximum Gasteiger partial charge on any atom is 0.0759 e. The van der Waals surface area contributed by atoms with E-state index in [2.05, 4.69) is 21.9 Å². The number of rotatable bonds is 4. The second-order valence-electron chi connectivity index (χ2n) is 3.59. The van der Waals surface area contributed by atoms with Crippen LogP contribution in [0.3, 0.4) is 0 Å². The number of aryl methyl sites for hydroxylation is 1.